The number of aromatic nitrogens is 4. The van der Waals surface area contributed by atoms with Crippen molar-refractivity contribution in [2.75, 3.05) is 0 Å². The SMILES string of the molecule is Cc1[nH]nc(N=Cc2c(O)n(C)c(=O)n(C)c2=O)c1-c1ccccc1. The Morgan fingerprint density at radius 3 is 2.52 bits per heavy atom. The zero-order valence-corrected chi connectivity index (χ0v) is 14.0. The van der Waals surface area contributed by atoms with Gasteiger partial charge < -0.3 is 5.11 Å². The van der Waals surface area contributed by atoms with E-state index in [0.29, 0.717) is 5.82 Å². The molecule has 0 fully saturated rings. The number of hydrogen-bond donors (Lipinski definition) is 2. The van der Waals surface area contributed by atoms with Gasteiger partial charge in [0.25, 0.3) is 5.56 Å². The van der Waals surface area contributed by atoms with Crippen LogP contribution in [0.3, 0.4) is 0 Å². The predicted octanol–water partition coefficient (Wildman–Crippen LogP) is 1.24. The van der Waals surface area contributed by atoms with Crippen molar-refractivity contribution in [3.63, 3.8) is 0 Å². The van der Waals surface area contributed by atoms with E-state index in [1.54, 1.807) is 0 Å². The van der Waals surface area contributed by atoms with Crippen molar-refractivity contribution in [2.45, 2.75) is 6.92 Å². The Kier molecular flexibility index (Phi) is 4.10. The maximum absolute atomic E-state index is 12.2. The third-order valence-electron chi connectivity index (χ3n) is 3.97. The predicted molar refractivity (Wildman–Crippen MR) is 94.6 cm³/mol. The first-order valence-electron chi connectivity index (χ1n) is 7.55. The Hall–Kier alpha value is -3.42. The van der Waals surface area contributed by atoms with Crippen LogP contribution in [0.2, 0.25) is 0 Å². The van der Waals surface area contributed by atoms with E-state index < -0.39 is 17.1 Å². The molecule has 0 saturated carbocycles. The summed E-state index contributed by atoms with van der Waals surface area (Å²) in [5.74, 6) is -0.0515. The number of aryl methyl sites for hydroxylation is 1. The lowest BCUT2D eigenvalue weighted by atomic mass is 10.1. The Labute approximate surface area is 142 Å². The molecule has 3 rings (SSSR count). The van der Waals surface area contributed by atoms with Crippen molar-refractivity contribution in [3.05, 3.63) is 62.4 Å². The molecular weight excluding hydrogens is 322 g/mol. The smallest absolute Gasteiger partial charge is 0.333 e. The van der Waals surface area contributed by atoms with Crippen LogP contribution in [-0.2, 0) is 14.1 Å². The number of nitrogens with one attached hydrogen (secondary N) is 1. The monoisotopic (exact) mass is 339 g/mol. The maximum atomic E-state index is 12.2. The molecule has 0 aliphatic heterocycles. The molecule has 0 amide bonds. The fraction of sp³-hybridized carbons (Fsp3) is 0.176. The number of rotatable bonds is 3. The zero-order chi connectivity index (χ0) is 18.1. The van der Waals surface area contributed by atoms with Gasteiger partial charge in [-0.2, -0.15) is 5.10 Å². The molecule has 128 valence electrons. The molecule has 25 heavy (non-hydrogen) atoms. The molecule has 0 radical (unpaired) electrons. The highest BCUT2D eigenvalue weighted by atomic mass is 16.3. The number of aliphatic imine (C=N–C) groups is 1. The van der Waals surface area contributed by atoms with E-state index in [-0.39, 0.29) is 5.56 Å². The molecule has 1 aromatic carbocycles. The molecule has 0 bridgehead atoms. The van der Waals surface area contributed by atoms with Gasteiger partial charge >= 0.3 is 5.69 Å². The molecule has 3 aromatic rings. The van der Waals surface area contributed by atoms with E-state index in [9.17, 15) is 14.7 Å². The van der Waals surface area contributed by atoms with Crippen LogP contribution in [0.5, 0.6) is 5.88 Å². The summed E-state index contributed by atoms with van der Waals surface area (Å²) in [5, 5.41) is 17.1. The molecule has 0 spiro atoms. The highest BCUT2D eigenvalue weighted by Gasteiger charge is 2.15. The summed E-state index contributed by atoms with van der Waals surface area (Å²) in [6.07, 6.45) is 1.22. The molecule has 0 aliphatic rings. The molecule has 2 aromatic heterocycles. The van der Waals surface area contributed by atoms with Gasteiger partial charge in [-0.05, 0) is 12.5 Å². The van der Waals surface area contributed by atoms with Crippen molar-refractivity contribution < 1.29 is 5.11 Å². The average molecular weight is 339 g/mol. The number of benzene rings is 1. The number of aromatic hydroxyl groups is 1. The van der Waals surface area contributed by atoms with Crippen molar-refractivity contribution in [2.24, 2.45) is 19.1 Å². The van der Waals surface area contributed by atoms with Gasteiger partial charge in [-0.15, -0.1) is 0 Å². The topological polar surface area (TPSA) is 105 Å². The summed E-state index contributed by atoms with van der Waals surface area (Å²) in [4.78, 5) is 28.2. The average Bonchev–Trinajstić information content (AvgIpc) is 2.99. The van der Waals surface area contributed by atoms with Gasteiger partial charge in [0.1, 0.15) is 5.56 Å². The Balaban J connectivity index is 2.12. The zero-order valence-electron chi connectivity index (χ0n) is 14.0. The van der Waals surface area contributed by atoms with Gasteiger partial charge in [-0.1, -0.05) is 30.3 Å². The van der Waals surface area contributed by atoms with Gasteiger partial charge in [-0.3, -0.25) is 19.0 Å². The fourth-order valence-electron chi connectivity index (χ4n) is 2.56. The van der Waals surface area contributed by atoms with Crippen LogP contribution in [0, 0.1) is 6.92 Å². The Morgan fingerprint density at radius 2 is 1.84 bits per heavy atom. The van der Waals surface area contributed by atoms with Crippen LogP contribution >= 0.6 is 0 Å². The number of nitrogens with zero attached hydrogens (tertiary/aromatic N) is 4. The lowest BCUT2D eigenvalue weighted by Crippen LogP contribution is -2.38. The second kappa shape index (κ2) is 6.23. The number of aromatic amines is 1. The molecule has 2 N–H and O–H groups in total. The van der Waals surface area contributed by atoms with Gasteiger partial charge in [-0.25, -0.2) is 9.79 Å². The summed E-state index contributed by atoms with van der Waals surface area (Å²) in [5.41, 5.74) is 1.25. The van der Waals surface area contributed by atoms with Gasteiger partial charge in [0.05, 0.1) is 0 Å². The Morgan fingerprint density at radius 1 is 1.16 bits per heavy atom. The fourth-order valence-corrected chi connectivity index (χ4v) is 2.56. The molecular formula is C17H17N5O3. The summed E-state index contributed by atoms with van der Waals surface area (Å²) in [7, 11) is 2.72. The molecule has 2 heterocycles. The normalized spacial score (nSPS) is 11.3. The maximum Gasteiger partial charge on any atom is 0.333 e. The van der Waals surface area contributed by atoms with E-state index in [4.69, 9.17) is 0 Å². The third kappa shape index (κ3) is 2.78. The molecule has 0 saturated heterocycles. The van der Waals surface area contributed by atoms with Gasteiger partial charge in [0.15, 0.2) is 5.82 Å². The summed E-state index contributed by atoms with van der Waals surface area (Å²) < 4.78 is 1.89. The van der Waals surface area contributed by atoms with Crippen LogP contribution in [0.25, 0.3) is 11.1 Å². The second-order valence-corrected chi connectivity index (χ2v) is 5.61. The van der Waals surface area contributed by atoms with Crippen molar-refractivity contribution in [3.8, 4) is 17.0 Å². The molecule has 8 heteroatoms. The van der Waals surface area contributed by atoms with Gasteiger partial charge in [0.2, 0.25) is 5.88 Å². The first-order valence-corrected chi connectivity index (χ1v) is 7.55. The minimum absolute atomic E-state index is 0.0794. The van der Waals surface area contributed by atoms with Crippen LogP contribution in [0.4, 0.5) is 5.82 Å². The van der Waals surface area contributed by atoms with Crippen LogP contribution < -0.4 is 11.2 Å². The minimum atomic E-state index is -0.627. The van der Waals surface area contributed by atoms with E-state index in [0.717, 1.165) is 26.0 Å². The van der Waals surface area contributed by atoms with E-state index >= 15 is 0 Å². The molecule has 8 nitrogen and oxygen atoms in total. The highest BCUT2D eigenvalue weighted by Crippen LogP contribution is 2.31. The quantitative estimate of drug-likeness (QED) is 0.700. The van der Waals surface area contributed by atoms with Crippen molar-refractivity contribution in [1.29, 1.82) is 0 Å². The highest BCUT2D eigenvalue weighted by molar-refractivity contribution is 5.86. The van der Waals surface area contributed by atoms with E-state index in [1.807, 2.05) is 37.3 Å². The standard InChI is InChI=1S/C17H17N5O3/c1-10-13(11-7-5-4-6-8-11)14(20-19-10)18-9-12-15(23)21(2)17(25)22(3)16(12)24/h4-9,23H,1-3H3,(H,19,20). The third-order valence-corrected chi connectivity index (χ3v) is 3.97. The van der Waals surface area contributed by atoms with Crippen molar-refractivity contribution in [1.82, 2.24) is 19.3 Å². The van der Waals surface area contributed by atoms with Crippen molar-refractivity contribution >= 4 is 12.0 Å². The lowest BCUT2D eigenvalue weighted by molar-refractivity contribution is 0.410. The largest absolute Gasteiger partial charge is 0.494 e. The molecule has 0 unspecified atom stereocenters. The van der Waals surface area contributed by atoms with Crippen LogP contribution in [0.1, 0.15) is 11.3 Å². The lowest BCUT2D eigenvalue weighted by Gasteiger charge is -2.07. The van der Waals surface area contributed by atoms with Crippen LogP contribution in [-0.4, -0.2) is 30.7 Å². The minimum Gasteiger partial charge on any atom is -0.494 e. The Bertz CT molecular complexity index is 1070. The number of H-pyrrole nitrogens is 1. The molecule has 0 aliphatic carbocycles. The first-order chi connectivity index (χ1) is 11.9. The van der Waals surface area contributed by atoms with Crippen LogP contribution in [0.15, 0.2) is 44.9 Å². The summed E-state index contributed by atoms with van der Waals surface area (Å²) in [6, 6.07) is 9.58. The summed E-state index contributed by atoms with van der Waals surface area (Å²) >= 11 is 0. The first kappa shape index (κ1) is 16.4. The molecule has 0 atom stereocenters. The summed E-state index contributed by atoms with van der Waals surface area (Å²) in [6.45, 7) is 1.87. The van der Waals surface area contributed by atoms with Gasteiger partial charge in [0, 0.05) is 31.6 Å². The van der Waals surface area contributed by atoms with E-state index in [1.165, 1.54) is 20.3 Å². The second-order valence-electron chi connectivity index (χ2n) is 5.61. The van der Waals surface area contributed by atoms with E-state index in [2.05, 4.69) is 15.2 Å². The number of hydrogen-bond acceptors (Lipinski definition) is 5.